The number of piperidine rings is 1. The van der Waals surface area contributed by atoms with Gasteiger partial charge in [-0.2, -0.15) is 0 Å². The molecule has 1 aliphatic heterocycles. The molecule has 2 atom stereocenters. The molecular weight excluding hydrogens is 236 g/mol. The van der Waals surface area contributed by atoms with E-state index < -0.39 is 5.30 Å². The van der Waals surface area contributed by atoms with Gasteiger partial charge in [0.05, 0.1) is 0 Å². The van der Waals surface area contributed by atoms with Crippen LogP contribution in [0.25, 0.3) is 0 Å². The van der Waals surface area contributed by atoms with Gasteiger partial charge in [0, 0.05) is 12.1 Å². The highest BCUT2D eigenvalue weighted by atomic mass is 32.1. The van der Waals surface area contributed by atoms with E-state index >= 15 is 0 Å². The van der Waals surface area contributed by atoms with Gasteiger partial charge >= 0.3 is 5.30 Å². The summed E-state index contributed by atoms with van der Waals surface area (Å²) in [5.41, 5.74) is 0. The summed E-state index contributed by atoms with van der Waals surface area (Å²) < 4.78 is 5.24. The minimum atomic E-state index is -0.452. The molecule has 98 valence electrons. The van der Waals surface area contributed by atoms with Crippen molar-refractivity contribution in [3.8, 4) is 0 Å². The van der Waals surface area contributed by atoms with Crippen molar-refractivity contribution in [3.05, 3.63) is 0 Å². The van der Waals surface area contributed by atoms with E-state index in [9.17, 15) is 4.79 Å². The fourth-order valence-corrected chi connectivity index (χ4v) is 3.00. The summed E-state index contributed by atoms with van der Waals surface area (Å²) in [6, 6.07) is 0.912. The van der Waals surface area contributed by atoms with Gasteiger partial charge in [-0.3, -0.25) is 0 Å². The molecule has 2 aliphatic rings. The number of ether oxygens (including phenoxy) is 1. The van der Waals surface area contributed by atoms with Gasteiger partial charge in [0.1, 0.15) is 6.10 Å². The Labute approximate surface area is 108 Å². The quantitative estimate of drug-likeness (QED) is 0.597. The number of nitrogens with one attached hydrogen (secondary N) is 1. The Morgan fingerprint density at radius 3 is 2.65 bits per heavy atom. The van der Waals surface area contributed by atoms with E-state index in [4.69, 9.17) is 4.74 Å². The largest absolute Gasteiger partial charge is 0.453 e. The van der Waals surface area contributed by atoms with Crippen molar-refractivity contribution >= 4 is 17.9 Å². The number of thiol groups is 1. The number of likely N-dealkylation sites (tertiary alicyclic amines) is 1. The van der Waals surface area contributed by atoms with Crippen LogP contribution in [0.4, 0.5) is 4.79 Å². The molecule has 1 heterocycles. The molecule has 0 aromatic heterocycles. The molecule has 0 radical (unpaired) electrons. The molecule has 1 aliphatic carbocycles. The van der Waals surface area contributed by atoms with E-state index in [1.807, 2.05) is 0 Å². The Morgan fingerprint density at radius 2 is 2.00 bits per heavy atom. The summed E-state index contributed by atoms with van der Waals surface area (Å²) in [7, 11) is 2.16. The van der Waals surface area contributed by atoms with Crippen LogP contribution in [-0.2, 0) is 4.74 Å². The summed E-state index contributed by atoms with van der Waals surface area (Å²) in [5, 5.41) is 3.20. The van der Waals surface area contributed by atoms with Gasteiger partial charge in [-0.15, -0.1) is 0 Å². The standard InChI is InChI=1S/C12H22N2O2S/c1-14-7-5-9(6-8-14)13-10-3-2-4-11(10)16-12(15)17/h9-11,13H,2-8H2,1H3,(H,15,17). The van der Waals surface area contributed by atoms with Crippen LogP contribution in [0.5, 0.6) is 0 Å². The molecule has 1 N–H and O–H groups in total. The van der Waals surface area contributed by atoms with Crippen LogP contribution in [0.1, 0.15) is 32.1 Å². The molecule has 2 fully saturated rings. The van der Waals surface area contributed by atoms with Gasteiger partial charge in [-0.25, -0.2) is 4.79 Å². The number of nitrogens with zero attached hydrogens (tertiary/aromatic N) is 1. The lowest BCUT2D eigenvalue weighted by Crippen LogP contribution is -2.48. The average Bonchev–Trinajstić information content (AvgIpc) is 2.68. The zero-order valence-electron chi connectivity index (χ0n) is 10.4. The molecule has 0 spiro atoms. The van der Waals surface area contributed by atoms with Crippen LogP contribution in [0, 0.1) is 0 Å². The van der Waals surface area contributed by atoms with Crippen LogP contribution in [0.15, 0.2) is 0 Å². The van der Waals surface area contributed by atoms with Crippen molar-refractivity contribution in [1.29, 1.82) is 0 Å². The molecular formula is C12H22N2O2S. The molecule has 1 saturated heterocycles. The van der Waals surface area contributed by atoms with E-state index in [0.717, 1.165) is 32.4 Å². The van der Waals surface area contributed by atoms with Crippen molar-refractivity contribution in [2.24, 2.45) is 0 Å². The second-order valence-electron chi connectivity index (χ2n) is 5.20. The number of hydrogen-bond acceptors (Lipinski definition) is 4. The molecule has 4 nitrogen and oxygen atoms in total. The Kier molecular flexibility index (Phi) is 4.70. The van der Waals surface area contributed by atoms with E-state index in [2.05, 4.69) is 29.9 Å². The molecule has 0 aromatic rings. The average molecular weight is 258 g/mol. The van der Waals surface area contributed by atoms with E-state index in [0.29, 0.717) is 12.1 Å². The van der Waals surface area contributed by atoms with Crippen molar-refractivity contribution in [2.75, 3.05) is 20.1 Å². The predicted molar refractivity (Wildman–Crippen MR) is 70.5 cm³/mol. The summed E-state index contributed by atoms with van der Waals surface area (Å²) in [5.74, 6) is 0. The molecule has 0 aromatic carbocycles. The number of carbonyl (C=O) groups is 1. The summed E-state index contributed by atoms with van der Waals surface area (Å²) in [4.78, 5) is 13.2. The van der Waals surface area contributed by atoms with Crippen LogP contribution < -0.4 is 5.32 Å². The molecule has 0 bridgehead atoms. The zero-order valence-corrected chi connectivity index (χ0v) is 11.3. The highest BCUT2D eigenvalue weighted by molar-refractivity contribution is 7.96. The molecule has 2 rings (SSSR count). The molecule has 5 heteroatoms. The minimum absolute atomic E-state index is 0.0275. The number of rotatable bonds is 3. The van der Waals surface area contributed by atoms with Gasteiger partial charge in [-0.05, 0) is 52.2 Å². The fourth-order valence-electron chi connectivity index (χ4n) is 2.87. The molecule has 1 saturated carbocycles. The lowest BCUT2D eigenvalue weighted by molar-refractivity contribution is 0.100. The Hall–Kier alpha value is -0.260. The topological polar surface area (TPSA) is 41.6 Å². The van der Waals surface area contributed by atoms with Crippen molar-refractivity contribution in [3.63, 3.8) is 0 Å². The minimum Gasteiger partial charge on any atom is -0.453 e. The fraction of sp³-hybridized carbons (Fsp3) is 0.917. The highest BCUT2D eigenvalue weighted by Crippen LogP contribution is 2.24. The smallest absolute Gasteiger partial charge is 0.364 e. The van der Waals surface area contributed by atoms with Gasteiger partial charge in [0.15, 0.2) is 0 Å². The van der Waals surface area contributed by atoms with Crippen LogP contribution in [-0.4, -0.2) is 48.5 Å². The third-order valence-electron chi connectivity index (χ3n) is 3.87. The first kappa shape index (κ1) is 13.2. The first-order valence-electron chi connectivity index (χ1n) is 6.49. The second kappa shape index (κ2) is 6.07. The normalized spacial score (nSPS) is 31.6. The van der Waals surface area contributed by atoms with Gasteiger partial charge in [-0.1, -0.05) is 12.6 Å². The first-order chi connectivity index (χ1) is 8.15. The third kappa shape index (κ3) is 3.86. The SMILES string of the molecule is CN1CCC(NC2CCCC2OC(=O)S)CC1. The van der Waals surface area contributed by atoms with Crippen LogP contribution in [0.3, 0.4) is 0 Å². The zero-order chi connectivity index (χ0) is 12.3. The van der Waals surface area contributed by atoms with Crippen molar-refractivity contribution in [1.82, 2.24) is 10.2 Å². The molecule has 2 unspecified atom stereocenters. The Bertz CT molecular complexity index is 267. The molecule has 0 amide bonds. The van der Waals surface area contributed by atoms with E-state index in [1.54, 1.807) is 0 Å². The summed E-state index contributed by atoms with van der Waals surface area (Å²) in [6.45, 7) is 2.31. The maximum Gasteiger partial charge on any atom is 0.364 e. The van der Waals surface area contributed by atoms with Crippen molar-refractivity contribution in [2.45, 2.75) is 50.3 Å². The van der Waals surface area contributed by atoms with Crippen LogP contribution in [0.2, 0.25) is 0 Å². The summed E-state index contributed by atoms with van der Waals surface area (Å²) >= 11 is 3.70. The third-order valence-corrected chi connectivity index (χ3v) is 3.98. The lowest BCUT2D eigenvalue weighted by atomic mass is 10.0. The Morgan fingerprint density at radius 1 is 1.29 bits per heavy atom. The maximum absolute atomic E-state index is 10.9. The number of hydrogen-bond donors (Lipinski definition) is 2. The number of carbonyl (C=O) groups excluding carboxylic acids is 1. The highest BCUT2D eigenvalue weighted by Gasteiger charge is 2.32. The molecule has 17 heavy (non-hydrogen) atoms. The van der Waals surface area contributed by atoms with E-state index in [-0.39, 0.29) is 6.10 Å². The Balaban J connectivity index is 1.79. The first-order valence-corrected chi connectivity index (χ1v) is 6.94. The summed E-state index contributed by atoms with van der Waals surface area (Å²) in [6.07, 6.45) is 5.62. The van der Waals surface area contributed by atoms with Crippen molar-refractivity contribution < 1.29 is 9.53 Å². The predicted octanol–water partition coefficient (Wildman–Crippen LogP) is 1.66. The second-order valence-corrected chi connectivity index (χ2v) is 5.57. The van der Waals surface area contributed by atoms with E-state index in [1.165, 1.54) is 12.8 Å². The van der Waals surface area contributed by atoms with Gasteiger partial charge in [0.25, 0.3) is 0 Å². The maximum atomic E-state index is 10.9. The van der Waals surface area contributed by atoms with Gasteiger partial charge in [0.2, 0.25) is 0 Å². The van der Waals surface area contributed by atoms with Crippen LogP contribution >= 0.6 is 12.6 Å². The van der Waals surface area contributed by atoms with Gasteiger partial charge < -0.3 is 15.0 Å². The monoisotopic (exact) mass is 258 g/mol. The lowest BCUT2D eigenvalue weighted by Gasteiger charge is -2.33.